The van der Waals surface area contributed by atoms with Crippen molar-refractivity contribution in [3.8, 4) is 0 Å². The SMILES string of the molecule is Cc1ccc(=O)n(CCN2CCN(C(=O)c3cc4cc(Cl)ccc4[nH]3)CC2)n1. The van der Waals surface area contributed by atoms with Gasteiger partial charge in [0, 0.05) is 54.7 Å². The summed E-state index contributed by atoms with van der Waals surface area (Å²) in [5.41, 5.74) is 2.23. The number of aromatic nitrogens is 3. The van der Waals surface area contributed by atoms with E-state index in [0.29, 0.717) is 30.4 Å². The van der Waals surface area contributed by atoms with Crippen molar-refractivity contribution in [2.45, 2.75) is 13.5 Å². The number of hydrogen-bond donors (Lipinski definition) is 1. The van der Waals surface area contributed by atoms with Crippen molar-refractivity contribution >= 4 is 28.4 Å². The van der Waals surface area contributed by atoms with Crippen molar-refractivity contribution in [3.05, 3.63) is 63.2 Å². The first kappa shape index (κ1) is 18.7. The van der Waals surface area contributed by atoms with Gasteiger partial charge in [0.2, 0.25) is 0 Å². The van der Waals surface area contributed by atoms with Crippen LogP contribution in [0.4, 0.5) is 0 Å². The van der Waals surface area contributed by atoms with Gasteiger partial charge in [-0.25, -0.2) is 4.68 Å². The topological polar surface area (TPSA) is 74.2 Å². The molecule has 0 spiro atoms. The molecule has 0 atom stereocenters. The van der Waals surface area contributed by atoms with Crippen LogP contribution in [0.25, 0.3) is 10.9 Å². The summed E-state index contributed by atoms with van der Waals surface area (Å²) in [4.78, 5) is 32.0. The Morgan fingerprint density at radius 2 is 1.89 bits per heavy atom. The Bertz CT molecular complexity index is 1070. The molecule has 4 rings (SSSR count). The number of benzene rings is 1. The molecule has 0 radical (unpaired) electrons. The van der Waals surface area contributed by atoms with Crippen LogP contribution in [0.1, 0.15) is 16.2 Å². The molecule has 2 aromatic heterocycles. The number of rotatable bonds is 4. The Morgan fingerprint density at radius 3 is 2.68 bits per heavy atom. The molecule has 0 saturated carbocycles. The number of aryl methyl sites for hydroxylation is 1. The number of amides is 1. The second-order valence-corrected chi connectivity index (χ2v) is 7.52. The van der Waals surface area contributed by atoms with E-state index in [1.54, 1.807) is 12.1 Å². The van der Waals surface area contributed by atoms with Gasteiger partial charge in [-0.2, -0.15) is 5.10 Å². The number of hydrogen-bond acceptors (Lipinski definition) is 4. The van der Waals surface area contributed by atoms with E-state index in [2.05, 4.69) is 15.0 Å². The van der Waals surface area contributed by atoms with Gasteiger partial charge in [-0.05, 0) is 37.3 Å². The van der Waals surface area contributed by atoms with Crippen LogP contribution in [0.15, 0.2) is 41.2 Å². The second-order valence-electron chi connectivity index (χ2n) is 7.08. The molecule has 0 bridgehead atoms. The smallest absolute Gasteiger partial charge is 0.270 e. The number of nitrogens with zero attached hydrogens (tertiary/aromatic N) is 4. The van der Waals surface area contributed by atoms with Gasteiger partial charge in [0.1, 0.15) is 5.69 Å². The molecule has 8 heteroatoms. The van der Waals surface area contributed by atoms with Crippen molar-refractivity contribution in [1.29, 1.82) is 0 Å². The fourth-order valence-corrected chi connectivity index (χ4v) is 3.69. The van der Waals surface area contributed by atoms with E-state index in [9.17, 15) is 9.59 Å². The number of carbonyl (C=O) groups is 1. The zero-order chi connectivity index (χ0) is 19.7. The maximum Gasteiger partial charge on any atom is 0.270 e. The number of piperazine rings is 1. The number of carbonyl (C=O) groups excluding carboxylic acids is 1. The van der Waals surface area contributed by atoms with E-state index in [-0.39, 0.29) is 11.5 Å². The first-order chi connectivity index (χ1) is 13.5. The van der Waals surface area contributed by atoms with E-state index in [1.807, 2.05) is 36.1 Å². The molecule has 1 amide bonds. The van der Waals surface area contributed by atoms with E-state index in [4.69, 9.17) is 11.6 Å². The average molecular weight is 400 g/mol. The highest BCUT2D eigenvalue weighted by atomic mass is 35.5. The van der Waals surface area contributed by atoms with Crippen molar-refractivity contribution in [1.82, 2.24) is 24.6 Å². The molecule has 7 nitrogen and oxygen atoms in total. The minimum atomic E-state index is -0.0849. The summed E-state index contributed by atoms with van der Waals surface area (Å²) in [7, 11) is 0. The molecule has 3 aromatic rings. The highest BCUT2D eigenvalue weighted by Crippen LogP contribution is 2.21. The molecule has 0 aliphatic carbocycles. The van der Waals surface area contributed by atoms with Crippen molar-refractivity contribution in [2.24, 2.45) is 0 Å². The third-order valence-electron chi connectivity index (χ3n) is 5.10. The molecule has 1 aliphatic heterocycles. The van der Waals surface area contributed by atoms with Gasteiger partial charge < -0.3 is 9.88 Å². The van der Waals surface area contributed by atoms with Crippen LogP contribution in [0, 0.1) is 6.92 Å². The normalized spacial score (nSPS) is 15.3. The van der Waals surface area contributed by atoms with Crippen LogP contribution in [-0.2, 0) is 6.54 Å². The largest absolute Gasteiger partial charge is 0.351 e. The Labute approximate surface area is 167 Å². The molecule has 1 fully saturated rings. The Morgan fingerprint density at radius 1 is 1.11 bits per heavy atom. The maximum atomic E-state index is 12.8. The lowest BCUT2D eigenvalue weighted by Gasteiger charge is -2.34. The molecule has 1 N–H and O–H groups in total. The molecule has 3 heterocycles. The summed E-state index contributed by atoms with van der Waals surface area (Å²) >= 11 is 6.02. The van der Waals surface area contributed by atoms with Crippen LogP contribution in [0.2, 0.25) is 5.02 Å². The summed E-state index contributed by atoms with van der Waals surface area (Å²) in [5.74, 6) is 0.00328. The Kier molecular flexibility index (Phi) is 5.19. The van der Waals surface area contributed by atoms with Gasteiger partial charge in [0.05, 0.1) is 12.2 Å². The summed E-state index contributed by atoms with van der Waals surface area (Å²) < 4.78 is 1.50. The highest BCUT2D eigenvalue weighted by molar-refractivity contribution is 6.31. The van der Waals surface area contributed by atoms with Crippen molar-refractivity contribution < 1.29 is 4.79 Å². The maximum absolute atomic E-state index is 12.8. The predicted octanol–water partition coefficient (Wildman–Crippen LogP) is 2.14. The Hall–Kier alpha value is -2.64. The van der Waals surface area contributed by atoms with Crippen LogP contribution < -0.4 is 5.56 Å². The number of halogens is 1. The molecule has 1 aromatic carbocycles. The molecule has 146 valence electrons. The lowest BCUT2D eigenvalue weighted by atomic mass is 10.2. The molecule has 1 aliphatic rings. The third-order valence-corrected chi connectivity index (χ3v) is 5.34. The highest BCUT2D eigenvalue weighted by Gasteiger charge is 2.23. The molecular formula is C20H22ClN5O2. The predicted molar refractivity (Wildman–Crippen MR) is 109 cm³/mol. The summed E-state index contributed by atoms with van der Waals surface area (Å²) in [6, 6.07) is 10.7. The number of nitrogens with one attached hydrogen (secondary N) is 1. The van der Waals surface area contributed by atoms with E-state index in [0.717, 1.165) is 36.2 Å². The summed E-state index contributed by atoms with van der Waals surface area (Å²) in [5, 5.41) is 5.86. The van der Waals surface area contributed by atoms with Crippen molar-refractivity contribution in [2.75, 3.05) is 32.7 Å². The number of aromatic amines is 1. The van der Waals surface area contributed by atoms with E-state index >= 15 is 0 Å². The third kappa shape index (κ3) is 3.95. The lowest BCUT2D eigenvalue weighted by Crippen LogP contribution is -2.49. The van der Waals surface area contributed by atoms with Gasteiger partial charge >= 0.3 is 0 Å². The first-order valence-corrected chi connectivity index (χ1v) is 9.72. The minimum Gasteiger partial charge on any atom is -0.351 e. The van der Waals surface area contributed by atoms with Crippen molar-refractivity contribution in [3.63, 3.8) is 0 Å². The fourth-order valence-electron chi connectivity index (χ4n) is 3.51. The molecule has 0 unspecified atom stereocenters. The van der Waals surface area contributed by atoms with Gasteiger partial charge in [-0.1, -0.05) is 11.6 Å². The van der Waals surface area contributed by atoms with Gasteiger partial charge in [-0.15, -0.1) is 0 Å². The fraction of sp³-hybridized carbons (Fsp3) is 0.350. The first-order valence-electron chi connectivity index (χ1n) is 9.34. The Balaban J connectivity index is 1.34. The van der Waals surface area contributed by atoms with Gasteiger partial charge in [0.15, 0.2) is 0 Å². The zero-order valence-corrected chi connectivity index (χ0v) is 16.4. The van der Waals surface area contributed by atoms with Crippen LogP contribution >= 0.6 is 11.6 Å². The van der Waals surface area contributed by atoms with Crippen LogP contribution in [0.3, 0.4) is 0 Å². The van der Waals surface area contributed by atoms with E-state index in [1.165, 1.54) is 4.68 Å². The summed E-state index contributed by atoms with van der Waals surface area (Å²) in [6.07, 6.45) is 0. The van der Waals surface area contributed by atoms with E-state index < -0.39 is 0 Å². The monoisotopic (exact) mass is 399 g/mol. The minimum absolute atomic E-state index is 0.00328. The standard InChI is InChI=1S/C20H22ClN5O2/c1-14-2-5-19(27)26(23-14)11-8-24-6-9-25(10-7-24)20(28)18-13-15-12-16(21)3-4-17(15)22-18/h2-5,12-13,22H,6-11H2,1H3. The molecular weight excluding hydrogens is 378 g/mol. The van der Waals surface area contributed by atoms with Gasteiger partial charge in [-0.3, -0.25) is 14.5 Å². The molecule has 28 heavy (non-hydrogen) atoms. The number of fused-ring (bicyclic) bond motifs is 1. The second kappa shape index (κ2) is 7.77. The van der Waals surface area contributed by atoms with Crippen LogP contribution in [0.5, 0.6) is 0 Å². The van der Waals surface area contributed by atoms with Crippen LogP contribution in [-0.4, -0.2) is 63.2 Å². The average Bonchev–Trinajstić information content (AvgIpc) is 3.11. The molecule has 1 saturated heterocycles. The zero-order valence-electron chi connectivity index (χ0n) is 15.7. The number of H-pyrrole nitrogens is 1. The van der Waals surface area contributed by atoms with Gasteiger partial charge in [0.25, 0.3) is 11.5 Å². The lowest BCUT2D eigenvalue weighted by molar-refractivity contribution is 0.0626. The quantitative estimate of drug-likeness (QED) is 0.729. The summed E-state index contributed by atoms with van der Waals surface area (Å²) in [6.45, 7) is 6.03.